The van der Waals surface area contributed by atoms with Gasteiger partial charge in [0.05, 0.1) is 37.5 Å². The van der Waals surface area contributed by atoms with Crippen LogP contribution < -0.4 is 19.7 Å². The average Bonchev–Trinajstić information content (AvgIpc) is 3.25. The van der Waals surface area contributed by atoms with Crippen molar-refractivity contribution in [3.05, 3.63) is 47.5 Å². The summed E-state index contributed by atoms with van der Waals surface area (Å²) in [5.41, 5.74) is 1.17. The second-order valence-corrected chi connectivity index (χ2v) is 11.2. The first-order valence-electron chi connectivity index (χ1n) is 9.78. The van der Waals surface area contributed by atoms with Crippen molar-refractivity contribution >= 4 is 55.6 Å². The number of nitrogens with one attached hydrogen (secondary N) is 1. The maximum Gasteiger partial charge on any atom is 0.244 e. The SMILES string of the molecule is COc1cccc(N(CC(=O)Nc2cc(Cl)ccc2OC)C2=N[C@@H]3CS(=O)(=O)C[C@H]3S2)c1. The van der Waals surface area contributed by atoms with Crippen molar-refractivity contribution in [1.82, 2.24) is 0 Å². The van der Waals surface area contributed by atoms with E-state index in [-0.39, 0.29) is 35.2 Å². The molecule has 8 nitrogen and oxygen atoms in total. The Morgan fingerprint density at radius 2 is 2.03 bits per heavy atom. The van der Waals surface area contributed by atoms with Gasteiger partial charge in [0.2, 0.25) is 5.91 Å². The first-order valence-corrected chi connectivity index (χ1v) is 12.9. The molecular formula is C21H22ClN3O5S2. The summed E-state index contributed by atoms with van der Waals surface area (Å²) in [6, 6.07) is 12.0. The molecule has 0 aromatic heterocycles. The number of nitrogens with zero attached hydrogens (tertiary/aromatic N) is 2. The summed E-state index contributed by atoms with van der Waals surface area (Å²) < 4.78 is 34.5. The summed E-state index contributed by atoms with van der Waals surface area (Å²) in [4.78, 5) is 19.4. The minimum absolute atomic E-state index is 0.0338. The highest BCUT2D eigenvalue weighted by Crippen LogP contribution is 2.37. The molecule has 2 heterocycles. The second kappa shape index (κ2) is 9.21. The normalized spacial score (nSPS) is 20.9. The molecule has 1 fully saturated rings. The van der Waals surface area contributed by atoms with E-state index < -0.39 is 9.84 Å². The molecule has 2 aromatic rings. The molecule has 4 rings (SSSR count). The molecule has 0 unspecified atom stereocenters. The molecular weight excluding hydrogens is 474 g/mol. The number of hydrogen-bond donors (Lipinski definition) is 1. The standard InChI is InChI=1S/C21H22ClN3O5S2/c1-29-15-5-3-4-14(9-15)25(21-24-17-11-32(27,28)12-19(17)31-21)10-20(26)23-16-8-13(22)6-7-18(16)30-2/h3-9,17,19H,10-12H2,1-2H3,(H,23,26)/t17-,19-/m1/s1. The Balaban J connectivity index is 1.60. The summed E-state index contributed by atoms with van der Waals surface area (Å²) in [5.74, 6) is 0.944. The van der Waals surface area contributed by atoms with Crippen LogP contribution in [0.3, 0.4) is 0 Å². The van der Waals surface area contributed by atoms with Crippen LogP contribution in [0.4, 0.5) is 11.4 Å². The van der Waals surface area contributed by atoms with Gasteiger partial charge in [-0.2, -0.15) is 0 Å². The zero-order valence-electron chi connectivity index (χ0n) is 17.4. The van der Waals surface area contributed by atoms with Crippen LogP contribution in [0.5, 0.6) is 11.5 Å². The predicted molar refractivity (Wildman–Crippen MR) is 128 cm³/mol. The maximum absolute atomic E-state index is 13.0. The quantitative estimate of drug-likeness (QED) is 0.657. The van der Waals surface area contributed by atoms with Gasteiger partial charge >= 0.3 is 0 Å². The molecule has 2 aromatic carbocycles. The van der Waals surface area contributed by atoms with E-state index in [1.54, 1.807) is 36.3 Å². The van der Waals surface area contributed by atoms with Gasteiger partial charge in [0.15, 0.2) is 15.0 Å². The molecule has 1 saturated heterocycles. The van der Waals surface area contributed by atoms with Crippen LogP contribution in [0.15, 0.2) is 47.5 Å². The zero-order chi connectivity index (χ0) is 22.9. The number of ether oxygens (including phenoxy) is 2. The Morgan fingerprint density at radius 1 is 1.22 bits per heavy atom. The number of rotatable bonds is 6. The number of amides is 1. The predicted octanol–water partition coefficient (Wildman–Crippen LogP) is 3.07. The van der Waals surface area contributed by atoms with E-state index in [4.69, 9.17) is 21.1 Å². The highest BCUT2D eigenvalue weighted by molar-refractivity contribution is 8.15. The Kier molecular flexibility index (Phi) is 6.55. The summed E-state index contributed by atoms with van der Waals surface area (Å²) in [6.07, 6.45) is 0. The van der Waals surface area contributed by atoms with Crippen molar-refractivity contribution in [2.24, 2.45) is 4.99 Å². The van der Waals surface area contributed by atoms with Crippen LogP contribution in [0.2, 0.25) is 5.02 Å². The molecule has 11 heteroatoms. The van der Waals surface area contributed by atoms with E-state index in [1.165, 1.54) is 18.9 Å². The number of fused-ring (bicyclic) bond motifs is 1. The Bertz CT molecular complexity index is 1170. The molecule has 1 amide bonds. The van der Waals surface area contributed by atoms with Gasteiger partial charge in [0, 0.05) is 22.0 Å². The second-order valence-electron chi connectivity index (χ2n) is 7.39. The van der Waals surface area contributed by atoms with E-state index in [0.29, 0.717) is 33.1 Å². The lowest BCUT2D eigenvalue weighted by atomic mass is 10.2. The molecule has 170 valence electrons. The molecule has 0 bridgehead atoms. The van der Waals surface area contributed by atoms with Gasteiger partial charge in [-0.3, -0.25) is 9.79 Å². The highest BCUT2D eigenvalue weighted by Gasteiger charge is 2.44. The number of aliphatic imine (C=N–C) groups is 1. The van der Waals surface area contributed by atoms with Crippen molar-refractivity contribution in [1.29, 1.82) is 0 Å². The molecule has 2 aliphatic heterocycles. The van der Waals surface area contributed by atoms with E-state index in [9.17, 15) is 13.2 Å². The van der Waals surface area contributed by atoms with Gasteiger partial charge in [-0.15, -0.1) is 0 Å². The number of thioether (sulfide) groups is 1. The molecule has 0 spiro atoms. The van der Waals surface area contributed by atoms with Gasteiger partial charge in [-0.1, -0.05) is 29.4 Å². The summed E-state index contributed by atoms with van der Waals surface area (Å²) in [7, 11) is 0.00260. The molecule has 32 heavy (non-hydrogen) atoms. The fourth-order valence-electron chi connectivity index (χ4n) is 3.63. The van der Waals surface area contributed by atoms with E-state index in [0.717, 1.165) is 0 Å². The van der Waals surface area contributed by atoms with Gasteiger partial charge < -0.3 is 19.7 Å². The Morgan fingerprint density at radius 3 is 2.75 bits per heavy atom. The van der Waals surface area contributed by atoms with E-state index >= 15 is 0 Å². The van der Waals surface area contributed by atoms with E-state index in [1.807, 2.05) is 18.2 Å². The van der Waals surface area contributed by atoms with Crippen molar-refractivity contribution in [2.75, 3.05) is 42.5 Å². The summed E-state index contributed by atoms with van der Waals surface area (Å²) in [6.45, 7) is -0.0408. The minimum atomic E-state index is -3.08. The number of sulfone groups is 1. The third-order valence-electron chi connectivity index (χ3n) is 5.14. The van der Waals surface area contributed by atoms with Crippen molar-refractivity contribution in [2.45, 2.75) is 11.3 Å². The lowest BCUT2D eigenvalue weighted by Crippen LogP contribution is -2.36. The number of carbonyl (C=O) groups is 1. The molecule has 0 aliphatic carbocycles. The average molecular weight is 496 g/mol. The van der Waals surface area contributed by atoms with Crippen molar-refractivity contribution in [3.63, 3.8) is 0 Å². The summed E-state index contributed by atoms with van der Waals surface area (Å²) in [5, 5.41) is 3.77. The van der Waals surface area contributed by atoms with Crippen molar-refractivity contribution in [3.8, 4) is 11.5 Å². The monoisotopic (exact) mass is 495 g/mol. The van der Waals surface area contributed by atoms with Gasteiger partial charge in [0.25, 0.3) is 0 Å². The molecule has 2 aliphatic rings. The van der Waals surface area contributed by atoms with Gasteiger partial charge in [-0.05, 0) is 30.3 Å². The topological polar surface area (TPSA) is 97.3 Å². The number of amidine groups is 1. The first-order chi connectivity index (χ1) is 15.3. The highest BCUT2D eigenvalue weighted by atomic mass is 35.5. The number of hydrogen-bond acceptors (Lipinski definition) is 8. The van der Waals surface area contributed by atoms with Crippen LogP contribution in [-0.2, 0) is 14.6 Å². The Hall–Kier alpha value is -2.43. The third kappa shape index (κ3) is 4.97. The maximum atomic E-state index is 13.0. The third-order valence-corrected chi connectivity index (χ3v) is 8.62. The number of methoxy groups -OCH3 is 2. The largest absolute Gasteiger partial charge is 0.497 e. The van der Waals surface area contributed by atoms with Crippen LogP contribution in [-0.4, -0.2) is 63.1 Å². The lowest BCUT2D eigenvalue weighted by Gasteiger charge is -2.24. The first kappa shape index (κ1) is 22.8. The molecule has 0 saturated carbocycles. The van der Waals surface area contributed by atoms with Gasteiger partial charge in [0.1, 0.15) is 18.0 Å². The molecule has 1 N–H and O–H groups in total. The van der Waals surface area contributed by atoms with Crippen molar-refractivity contribution < 1.29 is 22.7 Å². The Labute approximate surface area is 195 Å². The molecule has 2 atom stereocenters. The summed E-state index contributed by atoms with van der Waals surface area (Å²) >= 11 is 7.46. The van der Waals surface area contributed by atoms with Crippen LogP contribution in [0, 0.1) is 0 Å². The van der Waals surface area contributed by atoms with Crippen LogP contribution >= 0.6 is 23.4 Å². The minimum Gasteiger partial charge on any atom is -0.497 e. The number of halogens is 1. The lowest BCUT2D eigenvalue weighted by molar-refractivity contribution is -0.114. The number of carbonyl (C=O) groups excluding carboxylic acids is 1. The fourth-order valence-corrected chi connectivity index (χ4v) is 7.58. The van der Waals surface area contributed by atoms with E-state index in [2.05, 4.69) is 10.3 Å². The fraction of sp³-hybridized carbons (Fsp3) is 0.333. The smallest absolute Gasteiger partial charge is 0.244 e. The molecule has 0 radical (unpaired) electrons. The van der Waals surface area contributed by atoms with Crippen LogP contribution in [0.25, 0.3) is 0 Å². The van der Waals surface area contributed by atoms with Crippen LogP contribution in [0.1, 0.15) is 0 Å². The number of benzene rings is 2. The number of anilines is 2. The zero-order valence-corrected chi connectivity index (χ0v) is 19.8. The van der Waals surface area contributed by atoms with Gasteiger partial charge in [-0.25, -0.2) is 8.42 Å².